The monoisotopic (exact) mass is 990 g/mol. The Morgan fingerprint density at radius 1 is 0.329 bits per heavy atom. The average Bonchev–Trinajstić information content (AvgIpc) is 3.58. The van der Waals surface area contributed by atoms with Crippen molar-refractivity contribution in [2.45, 2.75) is 88.1 Å². The van der Waals surface area contributed by atoms with Gasteiger partial charge in [0.05, 0.1) is 12.2 Å². The fourth-order valence-electron chi connectivity index (χ4n) is 12.4. The molecule has 0 radical (unpaired) electrons. The third-order valence-electron chi connectivity index (χ3n) is 16.7. The van der Waals surface area contributed by atoms with E-state index < -0.39 is 17.6 Å². The Kier molecular flexibility index (Phi) is 12.7. The summed E-state index contributed by atoms with van der Waals surface area (Å²) in [4.78, 5) is 0. The second-order valence-corrected chi connectivity index (χ2v) is 21.7. The van der Waals surface area contributed by atoms with E-state index >= 15 is 0 Å². The first-order valence-electron chi connectivity index (χ1n) is 27.4. The molecule has 76 heavy (non-hydrogen) atoms. The Morgan fingerprint density at radius 2 is 0.632 bits per heavy atom. The lowest BCUT2D eigenvalue weighted by Crippen LogP contribution is -2.29. The summed E-state index contributed by atoms with van der Waals surface area (Å²) in [5.41, 5.74) is 10.9. The summed E-state index contributed by atoms with van der Waals surface area (Å²) in [5.74, 6) is 1.66. The molecular weight excluding hydrogens is 929 g/mol. The van der Waals surface area contributed by atoms with Gasteiger partial charge in [-0.25, -0.2) is 0 Å². The Balaban J connectivity index is 1.13. The van der Waals surface area contributed by atoms with Crippen molar-refractivity contribution in [1.29, 1.82) is 0 Å². The van der Waals surface area contributed by atoms with Crippen LogP contribution in [0.25, 0.3) is 87.6 Å². The molecule has 4 atom stereocenters. The Hall–Kier alpha value is -8.02. The van der Waals surface area contributed by atoms with Gasteiger partial charge in [0, 0.05) is 40.5 Å². The fraction of sp³-hybridized carbons (Fsp3) is 0.194. The summed E-state index contributed by atoms with van der Waals surface area (Å²) < 4.78 is 14.9. The second-order valence-electron chi connectivity index (χ2n) is 21.7. The van der Waals surface area contributed by atoms with E-state index in [4.69, 9.17) is 9.47 Å². The first kappa shape index (κ1) is 47.7. The minimum absolute atomic E-state index is 0.152. The SMILES string of the molecule is CC(c1ccccc1)(c1cc(-c2ccc3ccccc3c2)c(OC2CCCC(O)C2)c(-c2ccc3ccccc3c2)c1)c1cc(-c2ccc3ccccc3c2)c(OC2CCCC(O)C2)c(-c2ccc3ccccc3c2)c1. The summed E-state index contributed by atoms with van der Waals surface area (Å²) >= 11 is 0. The van der Waals surface area contributed by atoms with E-state index in [-0.39, 0.29) is 12.2 Å². The fourth-order valence-corrected chi connectivity index (χ4v) is 12.4. The number of hydrogen-bond acceptors (Lipinski definition) is 4. The number of benzene rings is 11. The number of ether oxygens (including phenoxy) is 2. The Labute approximate surface area is 445 Å². The molecule has 4 unspecified atom stereocenters. The molecule has 0 amide bonds. The third-order valence-corrected chi connectivity index (χ3v) is 16.7. The highest BCUT2D eigenvalue weighted by Gasteiger charge is 2.37. The average molecular weight is 991 g/mol. The lowest BCUT2D eigenvalue weighted by molar-refractivity contribution is 0.0537. The molecule has 4 nitrogen and oxygen atoms in total. The molecule has 2 saturated carbocycles. The molecule has 0 saturated heterocycles. The van der Waals surface area contributed by atoms with E-state index in [1.165, 1.54) is 21.5 Å². The lowest BCUT2D eigenvalue weighted by atomic mass is 9.68. The van der Waals surface area contributed by atoms with E-state index in [0.717, 1.165) is 133 Å². The lowest BCUT2D eigenvalue weighted by Gasteiger charge is -2.36. The van der Waals surface area contributed by atoms with Gasteiger partial charge in [-0.1, -0.05) is 176 Å². The van der Waals surface area contributed by atoms with Crippen LogP contribution in [-0.2, 0) is 5.41 Å². The van der Waals surface area contributed by atoms with Crippen molar-refractivity contribution in [2.24, 2.45) is 0 Å². The Morgan fingerprint density at radius 3 is 0.947 bits per heavy atom. The molecule has 0 spiro atoms. The number of hydrogen-bond donors (Lipinski definition) is 2. The molecule has 2 aliphatic rings. The topological polar surface area (TPSA) is 58.9 Å². The molecular formula is C72H62O4. The van der Waals surface area contributed by atoms with Gasteiger partial charge in [-0.2, -0.15) is 0 Å². The Bertz CT molecular complexity index is 3500. The number of aliphatic hydroxyl groups is 2. The predicted octanol–water partition coefficient (Wildman–Crippen LogP) is 17.7. The van der Waals surface area contributed by atoms with Crippen LogP contribution in [0.5, 0.6) is 11.5 Å². The van der Waals surface area contributed by atoms with Gasteiger partial charge < -0.3 is 19.7 Å². The molecule has 2 aliphatic carbocycles. The smallest absolute Gasteiger partial charge is 0.135 e. The van der Waals surface area contributed by atoms with Crippen molar-refractivity contribution in [1.82, 2.24) is 0 Å². The van der Waals surface area contributed by atoms with Gasteiger partial charge >= 0.3 is 0 Å². The maximum Gasteiger partial charge on any atom is 0.135 e. The van der Waals surface area contributed by atoms with Crippen molar-refractivity contribution < 1.29 is 19.7 Å². The molecule has 4 heteroatoms. The number of aliphatic hydroxyl groups excluding tert-OH is 2. The van der Waals surface area contributed by atoms with E-state index in [2.05, 4.69) is 231 Å². The first-order chi connectivity index (χ1) is 37.3. The standard InChI is InChI=1S/C72H62O4/c1-72(59-23-3-2-4-24-59,60-41-66(55-33-29-47-15-5-9-19-51(47)37-55)70(75-64-27-13-25-62(73)45-64)67(42-60)56-34-30-48-16-6-10-20-52(48)38-56)61-43-68(57-35-31-49-17-7-11-21-53(49)39-57)71(76-65-28-14-26-63(74)46-65)69(44-61)58-36-32-50-18-8-12-22-54(50)40-58/h2-12,15-24,29-44,62-65,73-74H,13-14,25-28,45-46H2,1H3. The molecule has 374 valence electrons. The molecule has 0 bridgehead atoms. The summed E-state index contributed by atoms with van der Waals surface area (Å²) in [6, 6.07) is 82.0. The zero-order chi connectivity index (χ0) is 51.2. The van der Waals surface area contributed by atoms with Gasteiger partial charge in [-0.05, 0) is 176 Å². The van der Waals surface area contributed by atoms with Gasteiger partial charge in [0.2, 0.25) is 0 Å². The van der Waals surface area contributed by atoms with Gasteiger partial charge in [0.25, 0.3) is 0 Å². The maximum atomic E-state index is 11.1. The van der Waals surface area contributed by atoms with Crippen LogP contribution in [0, 0.1) is 0 Å². The van der Waals surface area contributed by atoms with Crippen LogP contribution in [-0.4, -0.2) is 34.6 Å². The van der Waals surface area contributed by atoms with E-state index in [1.54, 1.807) is 0 Å². The molecule has 11 aromatic carbocycles. The van der Waals surface area contributed by atoms with Crippen LogP contribution >= 0.6 is 0 Å². The zero-order valence-electron chi connectivity index (χ0n) is 43.0. The van der Waals surface area contributed by atoms with Gasteiger partial charge in [0.15, 0.2) is 0 Å². The minimum atomic E-state index is -0.769. The van der Waals surface area contributed by atoms with Crippen molar-refractivity contribution >= 4 is 43.1 Å². The van der Waals surface area contributed by atoms with Gasteiger partial charge in [0.1, 0.15) is 23.7 Å². The van der Waals surface area contributed by atoms with Gasteiger partial charge in [-0.15, -0.1) is 0 Å². The third kappa shape index (κ3) is 9.20. The molecule has 2 fully saturated rings. The van der Waals surface area contributed by atoms with Crippen molar-refractivity contribution in [2.75, 3.05) is 0 Å². The molecule has 0 aliphatic heterocycles. The van der Waals surface area contributed by atoms with Crippen molar-refractivity contribution in [3.05, 3.63) is 241 Å². The summed E-state index contributed by atoms with van der Waals surface area (Å²) in [7, 11) is 0. The highest BCUT2D eigenvalue weighted by molar-refractivity contribution is 5.96. The number of fused-ring (bicyclic) bond motifs is 4. The number of rotatable bonds is 11. The normalized spacial score (nSPS) is 18.7. The quantitative estimate of drug-likeness (QED) is 0.127. The van der Waals surface area contributed by atoms with Crippen LogP contribution < -0.4 is 9.47 Å². The highest BCUT2D eigenvalue weighted by Crippen LogP contribution is 2.52. The first-order valence-corrected chi connectivity index (χ1v) is 27.4. The summed E-state index contributed by atoms with van der Waals surface area (Å²) in [6.07, 6.45) is 5.20. The zero-order valence-corrected chi connectivity index (χ0v) is 43.0. The van der Waals surface area contributed by atoms with Crippen LogP contribution in [0.4, 0.5) is 0 Å². The maximum absolute atomic E-state index is 11.1. The van der Waals surface area contributed by atoms with Crippen molar-refractivity contribution in [3.8, 4) is 56.0 Å². The van der Waals surface area contributed by atoms with Crippen LogP contribution in [0.15, 0.2) is 224 Å². The van der Waals surface area contributed by atoms with E-state index in [9.17, 15) is 10.2 Å². The summed E-state index contributed by atoms with van der Waals surface area (Å²) in [6.45, 7) is 2.39. The summed E-state index contributed by atoms with van der Waals surface area (Å²) in [5, 5.41) is 31.5. The predicted molar refractivity (Wildman–Crippen MR) is 314 cm³/mol. The molecule has 0 heterocycles. The van der Waals surface area contributed by atoms with E-state index in [1.807, 2.05) is 0 Å². The second kappa shape index (κ2) is 20.3. The van der Waals surface area contributed by atoms with Crippen LogP contribution in [0.1, 0.15) is 75.0 Å². The molecule has 11 aromatic rings. The molecule has 2 N–H and O–H groups in total. The minimum Gasteiger partial charge on any atom is -0.489 e. The van der Waals surface area contributed by atoms with Crippen LogP contribution in [0.3, 0.4) is 0 Å². The van der Waals surface area contributed by atoms with E-state index in [0.29, 0.717) is 12.8 Å². The van der Waals surface area contributed by atoms with Gasteiger partial charge in [-0.3, -0.25) is 0 Å². The largest absolute Gasteiger partial charge is 0.489 e. The van der Waals surface area contributed by atoms with Crippen molar-refractivity contribution in [3.63, 3.8) is 0 Å². The highest BCUT2D eigenvalue weighted by atomic mass is 16.5. The molecule has 13 rings (SSSR count). The molecule has 0 aromatic heterocycles. The van der Waals surface area contributed by atoms with Crippen LogP contribution in [0.2, 0.25) is 0 Å².